The minimum atomic E-state index is -0.0901. The topological polar surface area (TPSA) is 29.5 Å². The van der Waals surface area contributed by atoms with Crippen LogP contribution < -0.4 is 0 Å². The summed E-state index contributed by atoms with van der Waals surface area (Å²) in [5, 5.41) is 0. The molecule has 0 unspecified atom stereocenters. The van der Waals surface area contributed by atoms with Crippen molar-refractivity contribution in [2.45, 2.75) is 82.9 Å². The van der Waals surface area contributed by atoms with E-state index in [9.17, 15) is 4.79 Å². The number of carbonyl (C=O) groups excluding carboxylic acids is 1. The standard InChI is InChI=1S/C20H29NO2/c22-20(23-16-17-10-4-1-5-11-17)21(18-12-6-2-7-13-18)19-14-8-3-9-15-19/h1,4-5,10-11,18-19H,2-3,6-9,12-16H2. The number of carbonyl (C=O) groups is 1. The molecule has 1 aromatic carbocycles. The van der Waals surface area contributed by atoms with Gasteiger partial charge < -0.3 is 9.64 Å². The van der Waals surface area contributed by atoms with E-state index >= 15 is 0 Å². The fourth-order valence-corrected chi connectivity index (χ4v) is 4.11. The van der Waals surface area contributed by atoms with E-state index in [1.54, 1.807) is 0 Å². The van der Waals surface area contributed by atoms with E-state index in [4.69, 9.17) is 4.74 Å². The first kappa shape index (κ1) is 16.4. The Morgan fingerprint density at radius 1 is 0.870 bits per heavy atom. The number of benzene rings is 1. The molecule has 0 atom stereocenters. The van der Waals surface area contributed by atoms with E-state index in [2.05, 4.69) is 4.90 Å². The van der Waals surface area contributed by atoms with Crippen LogP contribution in [0.4, 0.5) is 4.79 Å². The van der Waals surface area contributed by atoms with Crippen LogP contribution in [0.5, 0.6) is 0 Å². The molecule has 3 rings (SSSR count). The molecule has 3 nitrogen and oxygen atoms in total. The Hall–Kier alpha value is -1.51. The van der Waals surface area contributed by atoms with Gasteiger partial charge in [-0.3, -0.25) is 0 Å². The molecule has 126 valence electrons. The van der Waals surface area contributed by atoms with Crippen molar-refractivity contribution >= 4 is 6.09 Å². The highest BCUT2D eigenvalue weighted by Gasteiger charge is 2.33. The van der Waals surface area contributed by atoms with Crippen molar-refractivity contribution in [3.63, 3.8) is 0 Å². The van der Waals surface area contributed by atoms with Crippen LogP contribution in [0.15, 0.2) is 30.3 Å². The molecular formula is C20H29NO2. The van der Waals surface area contributed by atoms with Gasteiger partial charge in [0.05, 0.1) is 0 Å². The molecule has 0 spiro atoms. The van der Waals surface area contributed by atoms with E-state index in [1.165, 1.54) is 38.5 Å². The lowest BCUT2D eigenvalue weighted by Gasteiger charge is -2.40. The van der Waals surface area contributed by atoms with Crippen LogP contribution in [-0.4, -0.2) is 23.1 Å². The number of ether oxygens (including phenoxy) is 1. The second-order valence-corrected chi connectivity index (χ2v) is 7.03. The Bertz CT molecular complexity index is 458. The molecule has 1 amide bonds. The van der Waals surface area contributed by atoms with Crippen molar-refractivity contribution in [2.75, 3.05) is 0 Å². The number of rotatable bonds is 4. The van der Waals surface area contributed by atoms with Gasteiger partial charge in [0.2, 0.25) is 0 Å². The Kier molecular flexibility index (Phi) is 5.95. The highest BCUT2D eigenvalue weighted by atomic mass is 16.6. The molecule has 0 radical (unpaired) electrons. The van der Waals surface area contributed by atoms with Crippen LogP contribution in [0.3, 0.4) is 0 Å². The number of hydrogen-bond acceptors (Lipinski definition) is 2. The highest BCUT2D eigenvalue weighted by molar-refractivity contribution is 5.68. The van der Waals surface area contributed by atoms with Gasteiger partial charge in [-0.05, 0) is 31.2 Å². The molecule has 1 aromatic rings. The van der Waals surface area contributed by atoms with Crippen LogP contribution >= 0.6 is 0 Å². The Morgan fingerprint density at radius 2 is 1.39 bits per heavy atom. The van der Waals surface area contributed by atoms with Crippen molar-refractivity contribution in [3.05, 3.63) is 35.9 Å². The molecule has 0 heterocycles. The lowest BCUT2D eigenvalue weighted by Crippen LogP contribution is -2.48. The lowest BCUT2D eigenvalue weighted by atomic mass is 9.89. The fraction of sp³-hybridized carbons (Fsp3) is 0.650. The number of nitrogens with zero attached hydrogens (tertiary/aromatic N) is 1. The Labute approximate surface area is 140 Å². The summed E-state index contributed by atoms with van der Waals surface area (Å²) in [4.78, 5) is 14.9. The fourth-order valence-electron chi connectivity index (χ4n) is 4.11. The molecule has 0 saturated heterocycles. The molecule has 0 aliphatic heterocycles. The van der Waals surface area contributed by atoms with Gasteiger partial charge in [-0.25, -0.2) is 4.79 Å². The second-order valence-electron chi connectivity index (χ2n) is 7.03. The summed E-state index contributed by atoms with van der Waals surface area (Å²) in [6.07, 6.45) is 12.1. The summed E-state index contributed by atoms with van der Waals surface area (Å²) in [5.41, 5.74) is 1.06. The smallest absolute Gasteiger partial charge is 0.410 e. The first-order chi connectivity index (χ1) is 11.3. The molecule has 0 N–H and O–H groups in total. The van der Waals surface area contributed by atoms with Crippen molar-refractivity contribution < 1.29 is 9.53 Å². The lowest BCUT2D eigenvalue weighted by molar-refractivity contribution is 0.0416. The predicted octanol–water partition coefficient (Wildman–Crippen LogP) is 5.29. The van der Waals surface area contributed by atoms with Crippen molar-refractivity contribution in [3.8, 4) is 0 Å². The summed E-state index contributed by atoms with van der Waals surface area (Å²) >= 11 is 0. The van der Waals surface area contributed by atoms with Gasteiger partial charge in [-0.1, -0.05) is 68.9 Å². The van der Waals surface area contributed by atoms with Gasteiger partial charge in [0, 0.05) is 12.1 Å². The number of hydrogen-bond donors (Lipinski definition) is 0. The zero-order valence-corrected chi connectivity index (χ0v) is 14.1. The van der Waals surface area contributed by atoms with Gasteiger partial charge in [0.25, 0.3) is 0 Å². The van der Waals surface area contributed by atoms with Crippen molar-refractivity contribution in [1.29, 1.82) is 0 Å². The van der Waals surface area contributed by atoms with E-state index in [0.29, 0.717) is 18.7 Å². The van der Waals surface area contributed by atoms with Gasteiger partial charge in [-0.15, -0.1) is 0 Å². The third-order valence-electron chi connectivity index (χ3n) is 5.35. The summed E-state index contributed by atoms with van der Waals surface area (Å²) in [7, 11) is 0. The maximum Gasteiger partial charge on any atom is 0.410 e. The average molecular weight is 315 g/mol. The van der Waals surface area contributed by atoms with Crippen LogP contribution in [0.2, 0.25) is 0 Å². The van der Waals surface area contributed by atoms with E-state index in [0.717, 1.165) is 31.2 Å². The maximum atomic E-state index is 12.8. The first-order valence-corrected chi connectivity index (χ1v) is 9.33. The number of amides is 1. The summed E-state index contributed by atoms with van der Waals surface area (Å²) in [6, 6.07) is 10.8. The van der Waals surface area contributed by atoms with Crippen molar-refractivity contribution in [1.82, 2.24) is 4.90 Å². The third kappa shape index (κ3) is 4.49. The summed E-state index contributed by atoms with van der Waals surface area (Å²) in [5.74, 6) is 0. The monoisotopic (exact) mass is 315 g/mol. The largest absolute Gasteiger partial charge is 0.445 e. The minimum absolute atomic E-state index is 0.0901. The molecular weight excluding hydrogens is 286 g/mol. The average Bonchev–Trinajstić information content (AvgIpc) is 2.63. The van der Waals surface area contributed by atoms with Gasteiger partial charge in [-0.2, -0.15) is 0 Å². The molecule has 0 aromatic heterocycles. The second kappa shape index (κ2) is 8.37. The van der Waals surface area contributed by atoms with E-state index in [-0.39, 0.29) is 6.09 Å². The Morgan fingerprint density at radius 3 is 1.91 bits per heavy atom. The van der Waals surface area contributed by atoms with Crippen LogP contribution in [0, 0.1) is 0 Å². The first-order valence-electron chi connectivity index (χ1n) is 9.33. The summed E-state index contributed by atoms with van der Waals surface area (Å²) < 4.78 is 5.68. The summed E-state index contributed by atoms with van der Waals surface area (Å²) in [6.45, 7) is 0.385. The minimum Gasteiger partial charge on any atom is -0.445 e. The normalized spacial score (nSPS) is 20.2. The molecule has 3 heteroatoms. The maximum absolute atomic E-state index is 12.8. The molecule has 2 aliphatic rings. The van der Waals surface area contributed by atoms with Crippen LogP contribution in [0.1, 0.15) is 69.8 Å². The Balaban J connectivity index is 1.64. The zero-order valence-electron chi connectivity index (χ0n) is 14.1. The molecule has 23 heavy (non-hydrogen) atoms. The van der Waals surface area contributed by atoms with Crippen LogP contribution in [-0.2, 0) is 11.3 Å². The SMILES string of the molecule is O=C(OCc1ccccc1)N(C1CCCCC1)C1CCCCC1. The molecule has 2 fully saturated rings. The predicted molar refractivity (Wildman–Crippen MR) is 92.2 cm³/mol. The van der Waals surface area contributed by atoms with E-state index < -0.39 is 0 Å². The van der Waals surface area contributed by atoms with Gasteiger partial charge >= 0.3 is 6.09 Å². The molecule has 2 aliphatic carbocycles. The van der Waals surface area contributed by atoms with Crippen molar-refractivity contribution in [2.24, 2.45) is 0 Å². The zero-order chi connectivity index (χ0) is 15.9. The quantitative estimate of drug-likeness (QED) is 0.755. The van der Waals surface area contributed by atoms with Gasteiger partial charge in [0.15, 0.2) is 0 Å². The molecule has 0 bridgehead atoms. The highest BCUT2D eigenvalue weighted by Crippen LogP contribution is 2.30. The van der Waals surface area contributed by atoms with E-state index in [1.807, 2.05) is 30.3 Å². The third-order valence-corrected chi connectivity index (χ3v) is 5.35. The van der Waals surface area contributed by atoms with Gasteiger partial charge in [0.1, 0.15) is 6.61 Å². The van der Waals surface area contributed by atoms with Crippen LogP contribution in [0.25, 0.3) is 0 Å². The molecule has 2 saturated carbocycles.